The van der Waals surface area contributed by atoms with Crippen LogP contribution in [0.4, 0.5) is 4.79 Å². The molecule has 0 aromatic heterocycles. The monoisotopic (exact) mass is 358 g/mol. The standard InChI is InChI=1S/C17H30N2O6/c1-15(2,3)25-14(22)19-10(8-16(4,5)23)12(20)18-11-9-17(6,7)24-13(11)21/h10-11,23H,8-9H2,1-7H3,(H,18,20)(H,19,22)/t10-,11-/m0/s1. The van der Waals surface area contributed by atoms with E-state index >= 15 is 0 Å². The number of hydrogen-bond donors (Lipinski definition) is 3. The van der Waals surface area contributed by atoms with Crippen LogP contribution in [0.15, 0.2) is 0 Å². The highest BCUT2D eigenvalue weighted by Gasteiger charge is 2.42. The minimum absolute atomic E-state index is 0.0385. The molecule has 3 N–H and O–H groups in total. The third-order valence-electron chi connectivity index (χ3n) is 3.38. The maximum atomic E-state index is 12.5. The molecule has 8 nitrogen and oxygen atoms in total. The summed E-state index contributed by atoms with van der Waals surface area (Å²) in [5, 5.41) is 15.0. The van der Waals surface area contributed by atoms with E-state index in [1.54, 1.807) is 34.6 Å². The molecule has 1 saturated heterocycles. The van der Waals surface area contributed by atoms with Crippen LogP contribution in [0.1, 0.15) is 61.3 Å². The molecule has 0 saturated carbocycles. The van der Waals surface area contributed by atoms with Crippen molar-refractivity contribution in [1.82, 2.24) is 10.6 Å². The highest BCUT2D eigenvalue weighted by Crippen LogP contribution is 2.26. The molecule has 0 bridgehead atoms. The molecular weight excluding hydrogens is 328 g/mol. The summed E-state index contributed by atoms with van der Waals surface area (Å²) in [6, 6.07) is -1.83. The number of cyclic esters (lactones) is 1. The van der Waals surface area contributed by atoms with Crippen molar-refractivity contribution < 1.29 is 29.0 Å². The Bertz CT molecular complexity index is 530. The van der Waals surface area contributed by atoms with Gasteiger partial charge in [0.2, 0.25) is 5.91 Å². The van der Waals surface area contributed by atoms with Crippen LogP contribution in [-0.2, 0) is 19.1 Å². The molecule has 2 atom stereocenters. The van der Waals surface area contributed by atoms with E-state index < -0.39 is 46.9 Å². The second-order valence-electron chi connectivity index (χ2n) is 8.66. The zero-order valence-electron chi connectivity index (χ0n) is 16.1. The van der Waals surface area contributed by atoms with Gasteiger partial charge in [0.25, 0.3) is 0 Å². The summed E-state index contributed by atoms with van der Waals surface area (Å²) in [4.78, 5) is 36.4. The fourth-order valence-corrected chi connectivity index (χ4v) is 2.50. The van der Waals surface area contributed by atoms with Crippen molar-refractivity contribution in [2.75, 3.05) is 0 Å². The summed E-state index contributed by atoms with van der Waals surface area (Å²) in [5.41, 5.74) is -2.58. The quantitative estimate of drug-likeness (QED) is 0.637. The van der Waals surface area contributed by atoms with Crippen LogP contribution in [0.3, 0.4) is 0 Å². The van der Waals surface area contributed by atoms with Gasteiger partial charge in [-0.1, -0.05) is 0 Å². The average Bonchev–Trinajstić information content (AvgIpc) is 2.56. The predicted octanol–water partition coefficient (Wildman–Crippen LogP) is 1.25. The van der Waals surface area contributed by atoms with Gasteiger partial charge in [-0.05, 0) is 48.5 Å². The lowest BCUT2D eigenvalue weighted by Crippen LogP contribution is -2.53. The SMILES string of the molecule is CC(C)(O)C[C@H](NC(=O)OC(C)(C)C)C(=O)N[C@H]1CC(C)(C)OC1=O. The summed E-state index contributed by atoms with van der Waals surface area (Å²) in [5.74, 6) is -1.09. The van der Waals surface area contributed by atoms with Gasteiger partial charge in [0.1, 0.15) is 23.3 Å². The molecule has 1 rings (SSSR count). The molecule has 1 aliphatic heterocycles. The Balaban J connectivity index is 2.80. The molecule has 0 spiro atoms. The van der Waals surface area contributed by atoms with Crippen molar-refractivity contribution in [3.05, 3.63) is 0 Å². The Morgan fingerprint density at radius 3 is 2.28 bits per heavy atom. The van der Waals surface area contributed by atoms with Crippen LogP contribution >= 0.6 is 0 Å². The highest BCUT2D eigenvalue weighted by molar-refractivity contribution is 5.90. The Morgan fingerprint density at radius 1 is 1.32 bits per heavy atom. The van der Waals surface area contributed by atoms with Gasteiger partial charge < -0.3 is 25.2 Å². The van der Waals surface area contributed by atoms with Gasteiger partial charge in [0.05, 0.1) is 5.60 Å². The first kappa shape index (κ1) is 21.2. The summed E-state index contributed by atoms with van der Waals surface area (Å²) in [7, 11) is 0. The molecule has 8 heteroatoms. The summed E-state index contributed by atoms with van der Waals surface area (Å²) in [6.07, 6.45) is -0.478. The molecule has 144 valence electrons. The van der Waals surface area contributed by atoms with Crippen LogP contribution in [0.5, 0.6) is 0 Å². The van der Waals surface area contributed by atoms with Gasteiger partial charge in [-0.15, -0.1) is 0 Å². The van der Waals surface area contributed by atoms with Gasteiger partial charge in [-0.2, -0.15) is 0 Å². The number of rotatable bonds is 5. The zero-order valence-corrected chi connectivity index (χ0v) is 16.1. The minimum Gasteiger partial charge on any atom is -0.458 e. The summed E-state index contributed by atoms with van der Waals surface area (Å²) in [6.45, 7) is 11.7. The third kappa shape index (κ3) is 7.72. The van der Waals surface area contributed by atoms with E-state index in [1.807, 2.05) is 0 Å². The van der Waals surface area contributed by atoms with E-state index in [2.05, 4.69) is 10.6 Å². The van der Waals surface area contributed by atoms with Gasteiger partial charge in [-0.3, -0.25) is 4.79 Å². The van der Waals surface area contributed by atoms with Crippen LogP contribution in [-0.4, -0.2) is 52.0 Å². The Morgan fingerprint density at radius 2 is 1.88 bits per heavy atom. The van der Waals surface area contributed by atoms with E-state index in [-0.39, 0.29) is 6.42 Å². The lowest BCUT2D eigenvalue weighted by atomic mass is 9.97. The number of carbonyl (C=O) groups excluding carboxylic acids is 3. The predicted molar refractivity (Wildman–Crippen MR) is 90.8 cm³/mol. The first-order valence-electron chi connectivity index (χ1n) is 8.33. The van der Waals surface area contributed by atoms with E-state index in [0.717, 1.165) is 0 Å². The van der Waals surface area contributed by atoms with Crippen molar-refractivity contribution in [2.24, 2.45) is 0 Å². The Labute approximate surface area is 148 Å². The number of ether oxygens (including phenoxy) is 2. The van der Waals surface area contributed by atoms with E-state index in [0.29, 0.717) is 6.42 Å². The first-order valence-corrected chi connectivity index (χ1v) is 8.33. The molecule has 1 fully saturated rings. The van der Waals surface area contributed by atoms with Gasteiger partial charge in [0, 0.05) is 12.8 Å². The van der Waals surface area contributed by atoms with Crippen molar-refractivity contribution in [2.45, 2.75) is 90.2 Å². The largest absolute Gasteiger partial charge is 0.458 e. The molecular formula is C17H30N2O6. The molecule has 2 amide bonds. The molecule has 0 radical (unpaired) electrons. The fraction of sp³-hybridized carbons (Fsp3) is 0.824. The van der Waals surface area contributed by atoms with Crippen LogP contribution in [0.2, 0.25) is 0 Å². The van der Waals surface area contributed by atoms with E-state index in [9.17, 15) is 19.5 Å². The number of aliphatic hydroxyl groups is 1. The number of esters is 1. The fourth-order valence-electron chi connectivity index (χ4n) is 2.50. The number of nitrogens with one attached hydrogen (secondary N) is 2. The lowest BCUT2D eigenvalue weighted by molar-refractivity contribution is -0.148. The second kappa shape index (κ2) is 7.19. The van der Waals surface area contributed by atoms with Crippen molar-refractivity contribution >= 4 is 18.0 Å². The number of hydrogen-bond acceptors (Lipinski definition) is 6. The first-order chi connectivity index (χ1) is 11.1. The average molecular weight is 358 g/mol. The Hall–Kier alpha value is -1.83. The van der Waals surface area contributed by atoms with Crippen LogP contribution in [0, 0.1) is 0 Å². The lowest BCUT2D eigenvalue weighted by Gasteiger charge is -2.27. The van der Waals surface area contributed by atoms with E-state index in [4.69, 9.17) is 9.47 Å². The van der Waals surface area contributed by atoms with Gasteiger partial charge in [-0.25, -0.2) is 9.59 Å². The van der Waals surface area contributed by atoms with E-state index in [1.165, 1.54) is 13.8 Å². The molecule has 0 aliphatic carbocycles. The summed E-state index contributed by atoms with van der Waals surface area (Å²) < 4.78 is 10.3. The Kier molecular flexibility index (Phi) is 6.10. The van der Waals surface area contributed by atoms with Crippen molar-refractivity contribution in [3.8, 4) is 0 Å². The van der Waals surface area contributed by atoms with Crippen LogP contribution < -0.4 is 10.6 Å². The number of carbonyl (C=O) groups is 3. The molecule has 0 aromatic carbocycles. The highest BCUT2D eigenvalue weighted by atomic mass is 16.6. The molecule has 0 aromatic rings. The normalized spacial score (nSPS) is 21.3. The molecule has 25 heavy (non-hydrogen) atoms. The van der Waals surface area contributed by atoms with Gasteiger partial charge in [0.15, 0.2) is 0 Å². The summed E-state index contributed by atoms with van der Waals surface area (Å²) >= 11 is 0. The number of alkyl carbamates (subject to hydrolysis) is 1. The van der Waals surface area contributed by atoms with Crippen molar-refractivity contribution in [1.29, 1.82) is 0 Å². The third-order valence-corrected chi connectivity index (χ3v) is 3.38. The second-order valence-corrected chi connectivity index (χ2v) is 8.66. The molecule has 1 aliphatic rings. The maximum absolute atomic E-state index is 12.5. The van der Waals surface area contributed by atoms with Gasteiger partial charge >= 0.3 is 12.1 Å². The topological polar surface area (TPSA) is 114 Å². The molecule has 1 heterocycles. The minimum atomic E-state index is -1.20. The number of amides is 2. The molecule has 0 unspecified atom stereocenters. The maximum Gasteiger partial charge on any atom is 0.408 e. The zero-order chi connectivity index (χ0) is 19.6. The van der Waals surface area contributed by atoms with Crippen LogP contribution in [0.25, 0.3) is 0 Å². The smallest absolute Gasteiger partial charge is 0.408 e. The van der Waals surface area contributed by atoms with Crippen molar-refractivity contribution in [3.63, 3.8) is 0 Å².